The van der Waals surface area contributed by atoms with Gasteiger partial charge in [0.05, 0.1) is 22.9 Å². The molecule has 0 saturated carbocycles. The molecule has 4 nitrogen and oxygen atoms in total. The molecule has 0 aliphatic carbocycles. The van der Waals surface area contributed by atoms with E-state index in [0.717, 1.165) is 21.8 Å². The van der Waals surface area contributed by atoms with Crippen LogP contribution >= 0.6 is 0 Å². The zero-order valence-corrected chi connectivity index (χ0v) is 10.8. The van der Waals surface area contributed by atoms with E-state index < -0.39 is 0 Å². The minimum absolute atomic E-state index is 0.00899. The summed E-state index contributed by atoms with van der Waals surface area (Å²) in [4.78, 5) is 8.47. The second-order valence-electron chi connectivity index (χ2n) is 4.43. The maximum absolute atomic E-state index is 10.0. The molecule has 0 amide bonds. The third-order valence-electron chi connectivity index (χ3n) is 3.09. The molecule has 3 aromatic rings. The highest BCUT2D eigenvalue weighted by Crippen LogP contribution is 2.34. The van der Waals surface area contributed by atoms with Crippen molar-refractivity contribution in [1.29, 1.82) is 0 Å². The minimum atomic E-state index is 0.00899. The van der Waals surface area contributed by atoms with E-state index in [1.807, 2.05) is 33.0 Å². The summed E-state index contributed by atoms with van der Waals surface area (Å²) in [5, 5.41) is 12.5. The third-order valence-corrected chi connectivity index (χ3v) is 3.09. The second kappa shape index (κ2) is 4.42. The molecule has 2 aromatic heterocycles. The highest BCUT2D eigenvalue weighted by molar-refractivity contribution is 6.33. The Balaban J connectivity index is 2.51. The Bertz CT molecular complexity index is 774. The van der Waals surface area contributed by atoms with Crippen molar-refractivity contribution in [2.24, 2.45) is 0 Å². The average molecular weight is 252 g/mol. The van der Waals surface area contributed by atoms with Gasteiger partial charge in [-0.05, 0) is 19.1 Å². The first kappa shape index (κ1) is 11.8. The van der Waals surface area contributed by atoms with Crippen LogP contribution in [-0.4, -0.2) is 29.5 Å². The molecule has 5 heteroatoms. The molecule has 0 fully saturated rings. The van der Waals surface area contributed by atoms with Crippen LogP contribution in [-0.2, 0) is 0 Å². The van der Waals surface area contributed by atoms with Crippen LogP contribution in [0.1, 0.15) is 6.92 Å². The Hall–Kier alpha value is -2.30. The zero-order valence-electron chi connectivity index (χ0n) is 10.8. The quantitative estimate of drug-likeness (QED) is 0.549. The molecule has 94 valence electrons. The molecular weight excluding hydrogens is 239 g/mol. The van der Waals surface area contributed by atoms with E-state index in [0.29, 0.717) is 17.9 Å². The fourth-order valence-electron chi connectivity index (χ4n) is 2.26. The van der Waals surface area contributed by atoms with Crippen LogP contribution in [0.25, 0.3) is 21.7 Å². The first-order valence-electron chi connectivity index (χ1n) is 6.21. The molecule has 0 aliphatic rings. The van der Waals surface area contributed by atoms with E-state index in [1.165, 1.54) is 0 Å². The first-order valence-corrected chi connectivity index (χ1v) is 6.21. The molecule has 0 atom stereocenters. The number of pyridine rings is 2. The van der Waals surface area contributed by atoms with Crippen molar-refractivity contribution in [2.45, 2.75) is 6.92 Å². The van der Waals surface area contributed by atoms with Crippen molar-refractivity contribution in [3.63, 3.8) is 0 Å². The van der Waals surface area contributed by atoms with Gasteiger partial charge in [0, 0.05) is 11.6 Å². The number of nitrogens with zero attached hydrogens (tertiary/aromatic N) is 2. The molecule has 0 radical (unpaired) electrons. The predicted molar refractivity (Wildman–Crippen MR) is 78.1 cm³/mol. The zero-order chi connectivity index (χ0) is 13.4. The van der Waals surface area contributed by atoms with Crippen LogP contribution in [0, 0.1) is 0 Å². The topological polar surface area (TPSA) is 55.2 Å². The van der Waals surface area contributed by atoms with Crippen molar-refractivity contribution in [2.75, 3.05) is 6.61 Å². The summed E-state index contributed by atoms with van der Waals surface area (Å²) in [7, 11) is 2.02. The molecule has 1 N–H and O–H groups in total. The highest BCUT2D eigenvalue weighted by atomic mass is 16.5. The fourth-order valence-corrected chi connectivity index (χ4v) is 2.26. The summed E-state index contributed by atoms with van der Waals surface area (Å²) in [6.45, 7) is 2.44. The maximum Gasteiger partial charge on any atom is 0.222 e. The Morgan fingerprint density at radius 2 is 2.11 bits per heavy atom. The molecule has 19 heavy (non-hydrogen) atoms. The number of benzene rings is 1. The lowest BCUT2D eigenvalue weighted by Crippen LogP contribution is -2.02. The number of ether oxygens (including phenoxy) is 1. The summed E-state index contributed by atoms with van der Waals surface area (Å²) in [6, 6.07) is 7.65. The van der Waals surface area contributed by atoms with Crippen LogP contribution in [0.5, 0.6) is 11.8 Å². The Labute approximate surface area is 111 Å². The van der Waals surface area contributed by atoms with Crippen LogP contribution in [0.2, 0.25) is 0 Å². The fraction of sp³-hybridized carbons (Fsp3) is 0.143. The SMILES string of the molecule is Bc1ccc2nc(O)c3ccnc(OCC)c3c2c1. The standard InChI is InChI=1S/C14H13BN2O2/c1-2-19-14-12-9(5-6-16-14)13(18)17-11-4-3-8(15)7-10(11)12/h3-7H,2,15H2,1H3,(H,17,18). The summed E-state index contributed by atoms with van der Waals surface area (Å²) in [5.74, 6) is 0.544. The largest absolute Gasteiger partial charge is 0.493 e. The van der Waals surface area contributed by atoms with Gasteiger partial charge in [0.15, 0.2) is 0 Å². The van der Waals surface area contributed by atoms with Gasteiger partial charge in [-0.25, -0.2) is 9.97 Å². The van der Waals surface area contributed by atoms with Crippen molar-refractivity contribution >= 4 is 35.0 Å². The molecular formula is C14H13BN2O2. The summed E-state index contributed by atoms with van der Waals surface area (Å²) in [6.07, 6.45) is 1.62. The molecule has 0 saturated heterocycles. The number of rotatable bonds is 2. The second-order valence-corrected chi connectivity index (χ2v) is 4.43. The predicted octanol–water partition coefficient (Wildman–Crippen LogP) is 1.15. The van der Waals surface area contributed by atoms with Crippen LogP contribution in [0.3, 0.4) is 0 Å². The molecule has 1 aromatic carbocycles. The maximum atomic E-state index is 10.0. The van der Waals surface area contributed by atoms with E-state index in [2.05, 4.69) is 9.97 Å². The van der Waals surface area contributed by atoms with Gasteiger partial charge in [-0.15, -0.1) is 0 Å². The van der Waals surface area contributed by atoms with Gasteiger partial charge >= 0.3 is 0 Å². The van der Waals surface area contributed by atoms with Crippen molar-refractivity contribution in [1.82, 2.24) is 9.97 Å². The van der Waals surface area contributed by atoms with Crippen molar-refractivity contribution in [3.05, 3.63) is 30.5 Å². The highest BCUT2D eigenvalue weighted by Gasteiger charge is 2.13. The van der Waals surface area contributed by atoms with Gasteiger partial charge in [-0.1, -0.05) is 17.6 Å². The number of fused-ring (bicyclic) bond motifs is 3. The van der Waals surface area contributed by atoms with E-state index in [9.17, 15) is 5.11 Å². The lowest BCUT2D eigenvalue weighted by Gasteiger charge is -2.10. The van der Waals surface area contributed by atoms with E-state index in [-0.39, 0.29) is 5.88 Å². The van der Waals surface area contributed by atoms with Gasteiger partial charge < -0.3 is 9.84 Å². The van der Waals surface area contributed by atoms with Crippen LogP contribution in [0.15, 0.2) is 30.5 Å². The average Bonchev–Trinajstić information content (AvgIpc) is 2.40. The van der Waals surface area contributed by atoms with Crippen molar-refractivity contribution < 1.29 is 9.84 Å². The number of aromatic nitrogens is 2. The molecule has 0 bridgehead atoms. The molecule has 0 unspecified atom stereocenters. The van der Waals surface area contributed by atoms with Crippen LogP contribution < -0.4 is 10.2 Å². The minimum Gasteiger partial charge on any atom is -0.493 e. The smallest absolute Gasteiger partial charge is 0.222 e. The number of hydrogen-bond acceptors (Lipinski definition) is 4. The summed E-state index contributed by atoms with van der Waals surface area (Å²) < 4.78 is 5.57. The number of hydrogen-bond donors (Lipinski definition) is 1. The van der Waals surface area contributed by atoms with E-state index >= 15 is 0 Å². The Kier molecular flexibility index (Phi) is 2.74. The molecule has 0 aliphatic heterocycles. The van der Waals surface area contributed by atoms with Gasteiger partial charge in [-0.3, -0.25) is 0 Å². The van der Waals surface area contributed by atoms with Gasteiger partial charge in [0.2, 0.25) is 11.8 Å². The first-order chi connectivity index (χ1) is 9.20. The summed E-state index contributed by atoms with van der Waals surface area (Å²) in [5.41, 5.74) is 1.87. The monoisotopic (exact) mass is 252 g/mol. The Morgan fingerprint density at radius 3 is 2.89 bits per heavy atom. The normalized spacial score (nSPS) is 11.0. The molecule has 2 heterocycles. The van der Waals surface area contributed by atoms with Gasteiger partial charge in [0.25, 0.3) is 0 Å². The Morgan fingerprint density at radius 1 is 1.26 bits per heavy atom. The summed E-state index contributed by atoms with van der Waals surface area (Å²) >= 11 is 0. The lowest BCUT2D eigenvalue weighted by molar-refractivity contribution is 0.331. The van der Waals surface area contributed by atoms with Gasteiger partial charge in [0.1, 0.15) is 7.85 Å². The van der Waals surface area contributed by atoms with Gasteiger partial charge in [-0.2, -0.15) is 0 Å². The molecule has 0 spiro atoms. The van der Waals surface area contributed by atoms with Crippen molar-refractivity contribution in [3.8, 4) is 11.8 Å². The van der Waals surface area contributed by atoms with E-state index in [1.54, 1.807) is 12.3 Å². The van der Waals surface area contributed by atoms with E-state index in [4.69, 9.17) is 4.74 Å². The third kappa shape index (κ3) is 1.87. The number of aromatic hydroxyl groups is 1. The molecule has 3 rings (SSSR count). The lowest BCUT2D eigenvalue weighted by atomic mass is 9.93. The van der Waals surface area contributed by atoms with Crippen LogP contribution in [0.4, 0.5) is 0 Å².